The van der Waals surface area contributed by atoms with Gasteiger partial charge in [-0.05, 0) is 29.6 Å². The third-order valence-electron chi connectivity index (χ3n) is 2.60. The topological polar surface area (TPSA) is 43.4 Å². The van der Waals surface area contributed by atoms with Crippen molar-refractivity contribution in [1.29, 1.82) is 0 Å². The molecule has 1 heterocycles. The fourth-order valence-electron chi connectivity index (χ4n) is 1.71. The maximum absolute atomic E-state index is 12.2. The van der Waals surface area contributed by atoms with Crippen LogP contribution in [0.25, 0.3) is 0 Å². The lowest BCUT2D eigenvalue weighted by atomic mass is 10.0. The van der Waals surface area contributed by atoms with E-state index in [2.05, 4.69) is 4.74 Å². The van der Waals surface area contributed by atoms with Gasteiger partial charge in [0.25, 0.3) is 0 Å². The van der Waals surface area contributed by atoms with E-state index in [-0.39, 0.29) is 17.8 Å². The van der Waals surface area contributed by atoms with Crippen LogP contribution in [0.1, 0.15) is 25.6 Å². The van der Waals surface area contributed by atoms with Gasteiger partial charge in [0.15, 0.2) is 5.78 Å². The van der Waals surface area contributed by atoms with E-state index < -0.39 is 5.97 Å². The Labute approximate surface area is 119 Å². The Bertz CT molecular complexity index is 605. The van der Waals surface area contributed by atoms with Gasteiger partial charge in [0.2, 0.25) is 0 Å². The summed E-state index contributed by atoms with van der Waals surface area (Å²) in [4.78, 5) is 24.8. The van der Waals surface area contributed by atoms with Gasteiger partial charge in [-0.1, -0.05) is 17.7 Å². The van der Waals surface area contributed by atoms with Crippen LogP contribution < -0.4 is 0 Å². The third kappa shape index (κ3) is 3.22. The van der Waals surface area contributed by atoms with Gasteiger partial charge >= 0.3 is 5.97 Å². The number of ketones is 1. The van der Waals surface area contributed by atoms with Crippen LogP contribution >= 0.6 is 22.9 Å². The molecule has 1 aromatic carbocycles. The fourth-order valence-corrected chi connectivity index (χ4v) is 2.58. The van der Waals surface area contributed by atoms with E-state index in [1.165, 1.54) is 24.5 Å². The van der Waals surface area contributed by atoms with Gasteiger partial charge in [0.05, 0.1) is 12.7 Å². The quantitative estimate of drug-likeness (QED) is 0.639. The number of hydrogen-bond donors (Lipinski definition) is 0. The molecule has 0 atom stereocenters. The molecule has 3 nitrogen and oxygen atoms in total. The zero-order valence-electron chi connectivity index (χ0n) is 10.2. The van der Waals surface area contributed by atoms with E-state index in [9.17, 15) is 9.59 Å². The summed E-state index contributed by atoms with van der Waals surface area (Å²) in [5.41, 5.74) is 0.543. The molecule has 0 aliphatic rings. The maximum Gasteiger partial charge on any atom is 0.338 e. The van der Waals surface area contributed by atoms with E-state index >= 15 is 0 Å². The second-order valence-electron chi connectivity index (χ2n) is 3.86. The molecule has 2 aromatic rings. The van der Waals surface area contributed by atoms with Crippen molar-refractivity contribution in [3.8, 4) is 0 Å². The number of hydrogen-bond acceptors (Lipinski definition) is 4. The van der Waals surface area contributed by atoms with Crippen LogP contribution in [-0.2, 0) is 11.2 Å². The minimum atomic E-state index is -0.558. The average Bonchev–Trinajstić information content (AvgIpc) is 2.90. The van der Waals surface area contributed by atoms with Crippen LogP contribution in [0.4, 0.5) is 0 Å². The fraction of sp³-hybridized carbons (Fsp3) is 0.143. The van der Waals surface area contributed by atoms with Gasteiger partial charge in [-0.3, -0.25) is 4.79 Å². The molecule has 0 N–H and O–H groups in total. The van der Waals surface area contributed by atoms with Crippen molar-refractivity contribution >= 4 is 34.7 Å². The number of halogens is 1. The number of ether oxygens (including phenoxy) is 1. The van der Waals surface area contributed by atoms with Gasteiger partial charge < -0.3 is 4.74 Å². The molecule has 0 unspecified atom stereocenters. The summed E-state index contributed by atoms with van der Waals surface area (Å²) in [5.74, 6) is -0.684. The highest BCUT2D eigenvalue weighted by Crippen LogP contribution is 2.20. The molecule has 2 rings (SSSR count). The molecule has 0 aliphatic carbocycles. The zero-order valence-corrected chi connectivity index (χ0v) is 11.8. The van der Waals surface area contributed by atoms with Gasteiger partial charge in [0, 0.05) is 21.9 Å². The van der Waals surface area contributed by atoms with Crippen LogP contribution in [-0.4, -0.2) is 18.9 Å². The van der Waals surface area contributed by atoms with Crippen molar-refractivity contribution in [2.24, 2.45) is 0 Å². The van der Waals surface area contributed by atoms with Crippen molar-refractivity contribution in [2.75, 3.05) is 7.11 Å². The Kier molecular flexibility index (Phi) is 4.35. The number of methoxy groups -OCH3 is 1. The molecule has 0 radical (unpaired) electrons. The molecule has 0 saturated heterocycles. The normalized spacial score (nSPS) is 10.2. The molecule has 0 fully saturated rings. The first-order valence-electron chi connectivity index (χ1n) is 5.55. The first-order valence-corrected chi connectivity index (χ1v) is 6.81. The van der Waals surface area contributed by atoms with Crippen LogP contribution in [0.5, 0.6) is 0 Å². The lowest BCUT2D eigenvalue weighted by Gasteiger charge is -2.07. The second-order valence-corrected chi connectivity index (χ2v) is 5.33. The average molecular weight is 295 g/mol. The van der Waals surface area contributed by atoms with E-state index in [4.69, 9.17) is 11.6 Å². The summed E-state index contributed by atoms with van der Waals surface area (Å²) < 4.78 is 4.67. The minimum absolute atomic E-state index is 0.125. The van der Waals surface area contributed by atoms with Crippen molar-refractivity contribution in [3.63, 3.8) is 0 Å². The smallest absolute Gasteiger partial charge is 0.338 e. The number of carbonyl (C=O) groups is 2. The van der Waals surface area contributed by atoms with E-state index in [1.54, 1.807) is 12.1 Å². The minimum Gasteiger partial charge on any atom is -0.465 e. The standard InChI is InChI=1S/C14H11ClO3S/c1-18-14(17)12-7-9(15)4-5-11(12)13(16)8-10-3-2-6-19-10/h2-7H,8H2,1H3. The monoisotopic (exact) mass is 294 g/mol. The molecule has 19 heavy (non-hydrogen) atoms. The van der Waals surface area contributed by atoms with E-state index in [1.807, 2.05) is 17.5 Å². The summed E-state index contributed by atoms with van der Waals surface area (Å²) in [6.07, 6.45) is 0.267. The number of thiophene rings is 1. The number of Topliss-reactive ketones (excluding diaryl/α,β-unsaturated/α-hetero) is 1. The Morgan fingerprint density at radius 1 is 1.26 bits per heavy atom. The Hall–Kier alpha value is -1.65. The van der Waals surface area contributed by atoms with Gasteiger partial charge in [-0.2, -0.15) is 0 Å². The van der Waals surface area contributed by atoms with Crippen LogP contribution in [0.3, 0.4) is 0 Å². The summed E-state index contributed by atoms with van der Waals surface area (Å²) in [6.45, 7) is 0. The van der Waals surface area contributed by atoms with Crippen LogP contribution in [0.2, 0.25) is 5.02 Å². The van der Waals surface area contributed by atoms with Crippen LogP contribution in [0, 0.1) is 0 Å². The molecule has 0 amide bonds. The molecule has 0 saturated carbocycles. The highest BCUT2D eigenvalue weighted by Gasteiger charge is 2.18. The molecule has 98 valence electrons. The number of rotatable bonds is 4. The molecular formula is C14H11ClO3S. The van der Waals surface area contributed by atoms with E-state index in [0.717, 1.165) is 4.88 Å². The van der Waals surface area contributed by atoms with Crippen molar-refractivity contribution in [1.82, 2.24) is 0 Å². The first-order chi connectivity index (χ1) is 9.11. The second kappa shape index (κ2) is 5.99. The third-order valence-corrected chi connectivity index (χ3v) is 3.71. The SMILES string of the molecule is COC(=O)c1cc(Cl)ccc1C(=O)Cc1cccs1. The maximum atomic E-state index is 12.2. The lowest BCUT2D eigenvalue weighted by Crippen LogP contribution is -2.12. The predicted molar refractivity (Wildman–Crippen MR) is 75.1 cm³/mol. The van der Waals surface area contributed by atoms with Crippen LogP contribution in [0.15, 0.2) is 35.7 Å². The Morgan fingerprint density at radius 3 is 2.68 bits per heavy atom. The highest BCUT2D eigenvalue weighted by atomic mass is 35.5. The number of esters is 1. The zero-order chi connectivity index (χ0) is 13.8. The number of carbonyl (C=O) groups excluding carboxylic acids is 2. The molecule has 0 bridgehead atoms. The summed E-state index contributed by atoms with van der Waals surface area (Å²) in [7, 11) is 1.27. The van der Waals surface area contributed by atoms with Crippen molar-refractivity contribution < 1.29 is 14.3 Å². The van der Waals surface area contributed by atoms with Crippen molar-refractivity contribution in [2.45, 2.75) is 6.42 Å². The molecule has 0 spiro atoms. The lowest BCUT2D eigenvalue weighted by molar-refractivity contribution is 0.0597. The molecular weight excluding hydrogens is 284 g/mol. The largest absolute Gasteiger partial charge is 0.465 e. The number of benzene rings is 1. The molecule has 1 aromatic heterocycles. The summed E-state index contributed by atoms with van der Waals surface area (Å²) in [6, 6.07) is 8.38. The predicted octanol–water partition coefficient (Wildman–Crippen LogP) is 3.61. The Morgan fingerprint density at radius 2 is 2.05 bits per heavy atom. The van der Waals surface area contributed by atoms with Gasteiger partial charge in [-0.25, -0.2) is 4.79 Å². The van der Waals surface area contributed by atoms with E-state index in [0.29, 0.717) is 10.6 Å². The van der Waals surface area contributed by atoms with Crippen molar-refractivity contribution in [3.05, 3.63) is 56.7 Å². The molecule has 5 heteroatoms. The molecule has 0 aliphatic heterocycles. The summed E-state index contributed by atoms with van der Waals surface area (Å²) in [5, 5.41) is 2.30. The van der Waals surface area contributed by atoms with Gasteiger partial charge in [-0.15, -0.1) is 11.3 Å². The van der Waals surface area contributed by atoms with Gasteiger partial charge in [0.1, 0.15) is 0 Å². The Balaban J connectivity index is 2.33. The highest BCUT2D eigenvalue weighted by molar-refractivity contribution is 7.10. The first kappa shape index (κ1) is 13.8. The summed E-state index contributed by atoms with van der Waals surface area (Å²) >= 11 is 7.35.